The number of thiazole rings is 1. The summed E-state index contributed by atoms with van der Waals surface area (Å²) in [6.07, 6.45) is 1.30. The largest absolute Gasteiger partial charge is 0.347 e. The number of para-hydroxylation sites is 2. The number of hydrogen-bond donors (Lipinski definition) is 1. The number of carbonyl (C=O) groups excluding carboxylic acids is 2. The molecule has 1 saturated heterocycles. The van der Waals surface area contributed by atoms with Crippen molar-refractivity contribution in [1.82, 2.24) is 9.88 Å². The maximum atomic E-state index is 13.3. The van der Waals surface area contributed by atoms with Crippen LogP contribution >= 0.6 is 11.3 Å². The third-order valence-corrected chi connectivity index (χ3v) is 6.47. The highest BCUT2D eigenvalue weighted by Crippen LogP contribution is 2.31. The smallest absolute Gasteiger partial charge is 0.241 e. The molecule has 1 fully saturated rings. The van der Waals surface area contributed by atoms with E-state index in [2.05, 4.69) is 25.5 Å². The van der Waals surface area contributed by atoms with Crippen LogP contribution in [0.25, 0.3) is 0 Å². The Hall–Kier alpha value is -2.45. The van der Waals surface area contributed by atoms with Crippen molar-refractivity contribution in [3.8, 4) is 0 Å². The van der Waals surface area contributed by atoms with Gasteiger partial charge in [-0.05, 0) is 32.4 Å². The Balaban J connectivity index is 1.45. The third-order valence-electron chi connectivity index (χ3n) is 5.45. The van der Waals surface area contributed by atoms with Gasteiger partial charge >= 0.3 is 0 Å². The molecule has 0 radical (unpaired) electrons. The molecular weight excluding hydrogens is 386 g/mol. The predicted molar refractivity (Wildman–Crippen MR) is 117 cm³/mol. The monoisotopic (exact) mass is 413 g/mol. The maximum Gasteiger partial charge on any atom is 0.241 e. The average Bonchev–Trinajstić information content (AvgIpc) is 2.91. The fourth-order valence-corrected chi connectivity index (χ4v) is 4.90. The molecule has 1 unspecified atom stereocenters. The maximum absolute atomic E-state index is 13.3. The Bertz CT molecular complexity index is 899. The summed E-state index contributed by atoms with van der Waals surface area (Å²) in [5.41, 5.74) is 2.54. The summed E-state index contributed by atoms with van der Waals surface area (Å²) in [5.74, 6) is -0.00982. The zero-order chi connectivity index (χ0) is 20.4. The van der Waals surface area contributed by atoms with Gasteiger partial charge in [-0.1, -0.05) is 12.1 Å². The molecule has 0 saturated carbocycles. The van der Waals surface area contributed by atoms with Gasteiger partial charge in [0.2, 0.25) is 11.8 Å². The van der Waals surface area contributed by atoms with Crippen LogP contribution in [0.5, 0.6) is 0 Å². The second-order valence-electron chi connectivity index (χ2n) is 7.77. The summed E-state index contributed by atoms with van der Waals surface area (Å²) in [6.45, 7) is 7.85. The van der Waals surface area contributed by atoms with Crippen molar-refractivity contribution in [2.45, 2.75) is 32.7 Å². The van der Waals surface area contributed by atoms with E-state index in [1.807, 2.05) is 38.1 Å². The van der Waals surface area contributed by atoms with Gasteiger partial charge in [0.05, 0.1) is 23.6 Å². The highest BCUT2D eigenvalue weighted by Gasteiger charge is 2.30. The van der Waals surface area contributed by atoms with E-state index in [-0.39, 0.29) is 17.9 Å². The Morgan fingerprint density at radius 3 is 2.86 bits per heavy atom. The summed E-state index contributed by atoms with van der Waals surface area (Å²) in [5, 5.41) is 6.06. The zero-order valence-electron chi connectivity index (χ0n) is 16.9. The van der Waals surface area contributed by atoms with Gasteiger partial charge in [0.25, 0.3) is 0 Å². The summed E-state index contributed by atoms with van der Waals surface area (Å²) >= 11 is 1.68. The molecular formula is C21H27N5O2S. The molecule has 7 nitrogen and oxygen atoms in total. The SMILES string of the molecule is Cc1csc(N2CCCN(CC(=O)N3c4ccccc4NC(=O)CC3C)CC2)n1. The Kier molecular flexibility index (Phi) is 5.82. The van der Waals surface area contributed by atoms with Crippen LogP contribution in [0.2, 0.25) is 0 Å². The van der Waals surface area contributed by atoms with Gasteiger partial charge in [0.15, 0.2) is 5.13 Å². The molecule has 3 heterocycles. The lowest BCUT2D eigenvalue weighted by atomic mass is 10.1. The summed E-state index contributed by atoms with van der Waals surface area (Å²) in [6, 6.07) is 7.37. The molecule has 8 heteroatoms. The number of fused-ring (bicyclic) bond motifs is 1. The Labute approximate surface area is 175 Å². The highest BCUT2D eigenvalue weighted by molar-refractivity contribution is 7.13. The van der Waals surface area contributed by atoms with Gasteiger partial charge in [-0.3, -0.25) is 14.5 Å². The molecule has 1 N–H and O–H groups in total. The van der Waals surface area contributed by atoms with Gasteiger partial charge in [-0.2, -0.15) is 0 Å². The molecule has 2 aliphatic heterocycles. The first-order chi connectivity index (χ1) is 14.0. The molecule has 2 aromatic rings. The van der Waals surface area contributed by atoms with Gasteiger partial charge in [-0.25, -0.2) is 4.98 Å². The van der Waals surface area contributed by atoms with E-state index in [4.69, 9.17) is 0 Å². The van der Waals surface area contributed by atoms with Crippen molar-refractivity contribution < 1.29 is 9.59 Å². The van der Waals surface area contributed by atoms with E-state index in [0.29, 0.717) is 18.7 Å². The lowest BCUT2D eigenvalue weighted by Gasteiger charge is -2.30. The minimum absolute atomic E-state index is 0.0417. The van der Waals surface area contributed by atoms with Crippen molar-refractivity contribution in [3.63, 3.8) is 0 Å². The van der Waals surface area contributed by atoms with Crippen molar-refractivity contribution in [2.24, 2.45) is 0 Å². The van der Waals surface area contributed by atoms with Gasteiger partial charge in [0.1, 0.15) is 0 Å². The number of amides is 2. The van der Waals surface area contributed by atoms with Crippen LogP contribution in [0, 0.1) is 6.92 Å². The van der Waals surface area contributed by atoms with Crippen LogP contribution < -0.4 is 15.1 Å². The van der Waals surface area contributed by atoms with Gasteiger partial charge < -0.3 is 15.1 Å². The van der Waals surface area contributed by atoms with E-state index in [1.165, 1.54) is 0 Å². The van der Waals surface area contributed by atoms with E-state index >= 15 is 0 Å². The molecule has 154 valence electrons. The van der Waals surface area contributed by atoms with Crippen molar-refractivity contribution >= 4 is 39.7 Å². The summed E-state index contributed by atoms with van der Waals surface area (Å²) in [7, 11) is 0. The van der Waals surface area contributed by atoms with E-state index in [1.54, 1.807) is 16.2 Å². The van der Waals surface area contributed by atoms with Crippen LogP contribution in [0.4, 0.5) is 16.5 Å². The Morgan fingerprint density at radius 1 is 1.24 bits per heavy atom. The molecule has 29 heavy (non-hydrogen) atoms. The lowest BCUT2D eigenvalue weighted by molar-refractivity contribution is -0.120. The summed E-state index contributed by atoms with van der Waals surface area (Å²) < 4.78 is 0. The standard InChI is InChI=1S/C21H27N5O2S/c1-15-14-29-21(22-15)25-9-5-8-24(10-11-25)13-20(28)26-16(2)12-19(27)23-17-6-3-4-7-18(17)26/h3-4,6-7,14,16H,5,8-13H2,1-2H3,(H,23,27). The van der Waals surface area contributed by atoms with E-state index in [0.717, 1.165) is 49.1 Å². The van der Waals surface area contributed by atoms with E-state index < -0.39 is 0 Å². The number of aryl methyl sites for hydroxylation is 1. The molecule has 2 amide bonds. The number of anilines is 3. The number of benzene rings is 1. The van der Waals surface area contributed by atoms with E-state index in [9.17, 15) is 9.59 Å². The van der Waals surface area contributed by atoms with Crippen LogP contribution in [-0.4, -0.2) is 60.5 Å². The fourth-order valence-electron chi connectivity index (χ4n) is 4.04. The molecule has 0 bridgehead atoms. The number of nitrogens with one attached hydrogen (secondary N) is 1. The minimum atomic E-state index is -0.173. The molecule has 1 atom stereocenters. The Morgan fingerprint density at radius 2 is 2.07 bits per heavy atom. The summed E-state index contributed by atoms with van der Waals surface area (Å²) in [4.78, 5) is 36.4. The third kappa shape index (κ3) is 4.43. The average molecular weight is 414 g/mol. The van der Waals surface area contributed by atoms with Gasteiger partial charge in [0, 0.05) is 44.0 Å². The van der Waals surface area contributed by atoms with Crippen molar-refractivity contribution in [1.29, 1.82) is 0 Å². The zero-order valence-corrected chi connectivity index (χ0v) is 17.7. The molecule has 0 spiro atoms. The minimum Gasteiger partial charge on any atom is -0.347 e. The second-order valence-corrected chi connectivity index (χ2v) is 8.61. The molecule has 0 aliphatic carbocycles. The number of aromatic nitrogens is 1. The highest BCUT2D eigenvalue weighted by atomic mass is 32.1. The van der Waals surface area contributed by atoms with Crippen LogP contribution in [0.3, 0.4) is 0 Å². The first-order valence-electron chi connectivity index (χ1n) is 10.1. The molecule has 1 aromatic carbocycles. The fraction of sp³-hybridized carbons (Fsp3) is 0.476. The second kappa shape index (κ2) is 8.51. The quantitative estimate of drug-likeness (QED) is 0.838. The number of rotatable bonds is 3. The molecule has 4 rings (SSSR count). The van der Waals surface area contributed by atoms with Crippen LogP contribution in [0.15, 0.2) is 29.6 Å². The van der Waals surface area contributed by atoms with Crippen molar-refractivity contribution in [3.05, 3.63) is 35.3 Å². The number of nitrogens with zero attached hydrogens (tertiary/aromatic N) is 4. The predicted octanol–water partition coefficient (Wildman–Crippen LogP) is 2.73. The molecule has 1 aromatic heterocycles. The lowest BCUT2D eigenvalue weighted by Crippen LogP contribution is -2.45. The normalized spacial score (nSPS) is 20.6. The first kappa shape index (κ1) is 19.8. The first-order valence-corrected chi connectivity index (χ1v) is 11.0. The van der Waals surface area contributed by atoms with Crippen LogP contribution in [-0.2, 0) is 9.59 Å². The topological polar surface area (TPSA) is 68.8 Å². The van der Waals surface area contributed by atoms with Crippen molar-refractivity contribution in [2.75, 3.05) is 47.8 Å². The molecule has 2 aliphatic rings. The van der Waals surface area contributed by atoms with Gasteiger partial charge in [-0.15, -0.1) is 11.3 Å². The number of hydrogen-bond acceptors (Lipinski definition) is 6. The number of carbonyl (C=O) groups is 2. The van der Waals surface area contributed by atoms with Crippen LogP contribution in [0.1, 0.15) is 25.5 Å².